The van der Waals surface area contributed by atoms with Crippen LogP contribution in [0.25, 0.3) is 0 Å². The van der Waals surface area contributed by atoms with Crippen molar-refractivity contribution in [3.63, 3.8) is 0 Å². The molecule has 1 aromatic heterocycles. The van der Waals surface area contributed by atoms with Gasteiger partial charge in [0.2, 0.25) is 5.82 Å². The highest BCUT2D eigenvalue weighted by Crippen LogP contribution is 2.11. The van der Waals surface area contributed by atoms with Crippen LogP contribution in [0, 0.1) is 0 Å². The number of nitrogens with one attached hydrogen (secondary N) is 2. The van der Waals surface area contributed by atoms with Crippen LogP contribution < -0.4 is 5.32 Å². The summed E-state index contributed by atoms with van der Waals surface area (Å²) in [7, 11) is 0. The van der Waals surface area contributed by atoms with Crippen LogP contribution in [0.2, 0.25) is 0 Å². The number of carbonyl (C=O) groups is 1. The molecule has 1 heterocycles. The number of aromatic nitrogens is 3. The highest BCUT2D eigenvalue weighted by atomic mass is 32.2. The first-order valence-corrected chi connectivity index (χ1v) is 7.15. The van der Waals surface area contributed by atoms with Crippen LogP contribution in [0.15, 0.2) is 0 Å². The van der Waals surface area contributed by atoms with Crippen molar-refractivity contribution in [1.82, 2.24) is 20.5 Å². The van der Waals surface area contributed by atoms with Gasteiger partial charge in [0.05, 0.1) is 6.61 Å². The second-order valence-corrected chi connectivity index (χ2v) is 5.49. The van der Waals surface area contributed by atoms with E-state index in [1.807, 2.05) is 27.0 Å². The second kappa shape index (κ2) is 6.75. The molecule has 2 unspecified atom stereocenters. The van der Waals surface area contributed by atoms with Gasteiger partial charge in [0, 0.05) is 17.2 Å². The molecule has 0 saturated carbocycles. The van der Waals surface area contributed by atoms with Crippen LogP contribution >= 0.6 is 11.8 Å². The third-order valence-corrected chi connectivity index (χ3v) is 3.81. The Balaban J connectivity index is 2.64. The van der Waals surface area contributed by atoms with E-state index < -0.39 is 0 Å². The maximum atomic E-state index is 11.9. The van der Waals surface area contributed by atoms with Gasteiger partial charge in [-0.15, -0.1) is 5.10 Å². The van der Waals surface area contributed by atoms with Gasteiger partial charge < -0.3 is 10.4 Å². The molecule has 0 saturated heterocycles. The molecule has 3 N–H and O–H groups in total. The predicted molar refractivity (Wildman–Crippen MR) is 71.8 cm³/mol. The molecule has 18 heavy (non-hydrogen) atoms. The summed E-state index contributed by atoms with van der Waals surface area (Å²) in [6.45, 7) is 5.82. The standard InChI is InChI=1S/C11H20N4O2S/c1-6(2)9-13-10(15-14-9)11(17)12-7(3)8(5-16)18-4/h6-8,16H,5H2,1-4H3,(H,12,17)(H,13,14,15). The zero-order chi connectivity index (χ0) is 13.7. The Bertz CT molecular complexity index is 390. The van der Waals surface area contributed by atoms with Gasteiger partial charge >= 0.3 is 0 Å². The Morgan fingerprint density at radius 2 is 2.17 bits per heavy atom. The molecule has 0 aliphatic heterocycles. The summed E-state index contributed by atoms with van der Waals surface area (Å²) in [4.78, 5) is 16.0. The minimum atomic E-state index is -0.321. The maximum Gasteiger partial charge on any atom is 0.291 e. The lowest BCUT2D eigenvalue weighted by Gasteiger charge is -2.20. The van der Waals surface area contributed by atoms with E-state index in [-0.39, 0.29) is 35.5 Å². The van der Waals surface area contributed by atoms with Crippen LogP contribution in [0.1, 0.15) is 43.1 Å². The Hall–Kier alpha value is -1.08. The molecule has 6 nitrogen and oxygen atoms in total. The first kappa shape index (κ1) is 15.0. The van der Waals surface area contributed by atoms with Crippen molar-refractivity contribution in [3.8, 4) is 0 Å². The van der Waals surface area contributed by atoms with Crippen molar-refractivity contribution >= 4 is 17.7 Å². The molecular formula is C11H20N4O2S. The minimum Gasteiger partial charge on any atom is -0.395 e. The van der Waals surface area contributed by atoms with E-state index in [1.165, 1.54) is 11.8 Å². The van der Waals surface area contributed by atoms with E-state index in [9.17, 15) is 4.79 Å². The monoisotopic (exact) mass is 272 g/mol. The first-order chi connectivity index (χ1) is 8.49. The van der Waals surface area contributed by atoms with Gasteiger partial charge in [-0.1, -0.05) is 13.8 Å². The number of thioether (sulfide) groups is 1. The summed E-state index contributed by atoms with van der Waals surface area (Å²) in [6, 6.07) is -0.140. The number of carbonyl (C=O) groups excluding carboxylic acids is 1. The summed E-state index contributed by atoms with van der Waals surface area (Å²) in [5.41, 5.74) is 0. The number of aromatic amines is 1. The number of rotatable bonds is 6. The molecule has 7 heteroatoms. The fraction of sp³-hybridized carbons (Fsp3) is 0.727. The average Bonchev–Trinajstić information content (AvgIpc) is 2.79. The molecule has 0 spiro atoms. The van der Waals surface area contributed by atoms with Gasteiger partial charge in [0.15, 0.2) is 0 Å². The average molecular weight is 272 g/mol. The lowest BCUT2D eigenvalue weighted by Crippen LogP contribution is -2.41. The number of aliphatic hydroxyl groups excluding tert-OH is 1. The van der Waals surface area contributed by atoms with Crippen molar-refractivity contribution in [2.75, 3.05) is 12.9 Å². The number of hydrogen-bond acceptors (Lipinski definition) is 5. The summed E-state index contributed by atoms with van der Waals surface area (Å²) >= 11 is 1.51. The molecule has 1 rings (SSSR count). The number of aliphatic hydroxyl groups is 1. The normalized spacial score (nSPS) is 14.6. The molecular weight excluding hydrogens is 252 g/mol. The number of hydrogen-bond donors (Lipinski definition) is 3. The molecule has 0 aliphatic carbocycles. The molecule has 0 radical (unpaired) electrons. The summed E-state index contributed by atoms with van der Waals surface area (Å²) in [5, 5.41) is 18.5. The SMILES string of the molecule is CSC(CO)C(C)NC(=O)c1n[nH]c(C(C)C)n1. The molecule has 0 aromatic carbocycles. The maximum absolute atomic E-state index is 11.9. The van der Waals surface area contributed by atoms with Gasteiger partial charge in [-0.25, -0.2) is 4.98 Å². The van der Waals surface area contributed by atoms with E-state index in [0.29, 0.717) is 5.82 Å². The number of nitrogens with zero attached hydrogens (tertiary/aromatic N) is 2. The molecule has 2 atom stereocenters. The molecule has 1 aromatic rings. The Labute approximate surface area is 111 Å². The summed E-state index contributed by atoms with van der Waals surface area (Å²) in [6.07, 6.45) is 1.90. The third kappa shape index (κ3) is 3.71. The lowest BCUT2D eigenvalue weighted by molar-refractivity contribution is 0.0925. The largest absolute Gasteiger partial charge is 0.395 e. The van der Waals surface area contributed by atoms with E-state index in [2.05, 4.69) is 20.5 Å². The zero-order valence-electron chi connectivity index (χ0n) is 11.1. The number of H-pyrrole nitrogens is 1. The van der Waals surface area contributed by atoms with Crippen molar-refractivity contribution in [3.05, 3.63) is 11.6 Å². The smallest absolute Gasteiger partial charge is 0.291 e. The van der Waals surface area contributed by atoms with E-state index in [4.69, 9.17) is 5.11 Å². The minimum absolute atomic E-state index is 0.0217. The Kier molecular flexibility index (Phi) is 5.61. The molecule has 0 bridgehead atoms. The fourth-order valence-electron chi connectivity index (χ4n) is 1.44. The highest BCUT2D eigenvalue weighted by molar-refractivity contribution is 7.99. The summed E-state index contributed by atoms with van der Waals surface area (Å²) < 4.78 is 0. The fourth-order valence-corrected chi connectivity index (χ4v) is 2.06. The Morgan fingerprint density at radius 1 is 1.50 bits per heavy atom. The van der Waals surface area contributed by atoms with E-state index in [0.717, 1.165) is 0 Å². The van der Waals surface area contributed by atoms with Crippen LogP contribution in [-0.4, -0.2) is 50.3 Å². The van der Waals surface area contributed by atoms with Gasteiger partial charge in [-0.2, -0.15) is 11.8 Å². The molecule has 102 valence electrons. The molecule has 0 fully saturated rings. The van der Waals surface area contributed by atoms with Gasteiger partial charge in [0.25, 0.3) is 5.91 Å². The van der Waals surface area contributed by atoms with Gasteiger partial charge in [-0.3, -0.25) is 9.89 Å². The van der Waals surface area contributed by atoms with Crippen LogP contribution in [-0.2, 0) is 0 Å². The van der Waals surface area contributed by atoms with E-state index >= 15 is 0 Å². The zero-order valence-corrected chi connectivity index (χ0v) is 11.9. The topological polar surface area (TPSA) is 90.9 Å². The van der Waals surface area contributed by atoms with Crippen molar-refractivity contribution in [1.29, 1.82) is 0 Å². The molecule has 1 amide bonds. The van der Waals surface area contributed by atoms with Crippen molar-refractivity contribution in [2.45, 2.75) is 38.0 Å². The van der Waals surface area contributed by atoms with Crippen LogP contribution in [0.4, 0.5) is 0 Å². The highest BCUT2D eigenvalue weighted by Gasteiger charge is 2.20. The third-order valence-electron chi connectivity index (χ3n) is 2.65. The summed E-state index contributed by atoms with van der Waals surface area (Å²) in [5.74, 6) is 0.714. The van der Waals surface area contributed by atoms with Crippen molar-refractivity contribution < 1.29 is 9.90 Å². The predicted octanol–water partition coefficient (Wildman–Crippen LogP) is 0.770. The first-order valence-electron chi connectivity index (χ1n) is 5.86. The second-order valence-electron chi connectivity index (χ2n) is 4.42. The van der Waals surface area contributed by atoms with Gasteiger partial charge in [0.1, 0.15) is 5.82 Å². The number of amides is 1. The van der Waals surface area contributed by atoms with Crippen LogP contribution in [0.3, 0.4) is 0 Å². The van der Waals surface area contributed by atoms with Gasteiger partial charge in [-0.05, 0) is 13.2 Å². The van der Waals surface area contributed by atoms with Crippen LogP contribution in [0.5, 0.6) is 0 Å². The molecule has 0 aliphatic rings. The van der Waals surface area contributed by atoms with Crippen molar-refractivity contribution in [2.24, 2.45) is 0 Å². The van der Waals surface area contributed by atoms with E-state index in [1.54, 1.807) is 0 Å². The quantitative estimate of drug-likeness (QED) is 0.711. The lowest BCUT2D eigenvalue weighted by atomic mass is 10.2. The Morgan fingerprint density at radius 3 is 2.61 bits per heavy atom.